The van der Waals surface area contributed by atoms with Gasteiger partial charge in [0.05, 0.1) is 28.8 Å². The number of nitrogens with zero attached hydrogens (tertiary/aromatic N) is 4. The SMILES string of the molecule is CCCCN(CCCC)C(=O)c1cc(C)n(-c2ccc(NC(=O)c3sccc3C)cc2C(=O)N2Cc3ccccc3CC2CO)n1. The first-order chi connectivity index (χ1) is 22.2. The average molecular weight is 642 g/mol. The normalized spacial score (nSPS) is 14.2. The minimum absolute atomic E-state index is 0.125. The van der Waals surface area contributed by atoms with Crippen molar-refractivity contribution in [1.82, 2.24) is 19.6 Å². The summed E-state index contributed by atoms with van der Waals surface area (Å²) in [4.78, 5) is 45.4. The Kier molecular flexibility index (Phi) is 10.7. The van der Waals surface area contributed by atoms with Crippen LogP contribution in [0, 0.1) is 13.8 Å². The van der Waals surface area contributed by atoms with Crippen LogP contribution >= 0.6 is 11.3 Å². The molecular formula is C36H43N5O4S. The number of thiophene rings is 1. The lowest BCUT2D eigenvalue weighted by Crippen LogP contribution is -2.46. The lowest BCUT2D eigenvalue weighted by atomic mass is 9.93. The highest BCUT2D eigenvalue weighted by atomic mass is 32.1. The molecule has 2 aromatic heterocycles. The van der Waals surface area contributed by atoms with E-state index in [9.17, 15) is 19.5 Å². The Balaban J connectivity index is 1.54. The van der Waals surface area contributed by atoms with Gasteiger partial charge in [0.15, 0.2) is 5.69 Å². The van der Waals surface area contributed by atoms with Crippen molar-refractivity contribution >= 4 is 34.7 Å². The van der Waals surface area contributed by atoms with E-state index in [-0.39, 0.29) is 24.3 Å². The van der Waals surface area contributed by atoms with Gasteiger partial charge in [-0.3, -0.25) is 14.4 Å². The average Bonchev–Trinajstić information content (AvgIpc) is 3.68. The van der Waals surface area contributed by atoms with Crippen molar-refractivity contribution < 1.29 is 19.5 Å². The minimum atomic E-state index is -0.413. The van der Waals surface area contributed by atoms with Crippen molar-refractivity contribution in [1.29, 1.82) is 0 Å². The molecule has 0 saturated carbocycles. The Morgan fingerprint density at radius 3 is 2.37 bits per heavy atom. The lowest BCUT2D eigenvalue weighted by molar-refractivity contribution is 0.0544. The molecule has 0 fully saturated rings. The van der Waals surface area contributed by atoms with E-state index in [0.29, 0.717) is 59.3 Å². The highest BCUT2D eigenvalue weighted by Gasteiger charge is 2.32. The van der Waals surface area contributed by atoms with Gasteiger partial charge < -0.3 is 20.2 Å². The summed E-state index contributed by atoms with van der Waals surface area (Å²) < 4.78 is 1.64. The van der Waals surface area contributed by atoms with Crippen LogP contribution in [-0.2, 0) is 13.0 Å². The number of carbonyl (C=O) groups is 3. The standard InChI is InChI=1S/C36H43N5O4S/c1-5-7-16-39(17-8-6-2)36(45)31-19-25(4)41(38-31)32-14-13-28(37-34(43)33-24(3)15-18-46-33)21-30(32)35(44)40-22-27-12-10-9-11-26(27)20-29(40)23-42/h9-15,18-19,21,29,42H,5-8,16-17,20,22-23H2,1-4H3,(H,37,43). The molecule has 3 heterocycles. The zero-order valence-corrected chi connectivity index (χ0v) is 27.9. The van der Waals surface area contributed by atoms with Crippen molar-refractivity contribution in [3.63, 3.8) is 0 Å². The summed E-state index contributed by atoms with van der Waals surface area (Å²) in [5, 5.41) is 19.9. The van der Waals surface area contributed by atoms with Crippen molar-refractivity contribution in [3.8, 4) is 5.69 Å². The summed E-state index contributed by atoms with van der Waals surface area (Å²) in [7, 11) is 0. The number of hydrogen-bond donors (Lipinski definition) is 2. The summed E-state index contributed by atoms with van der Waals surface area (Å²) in [6, 6.07) is 16.4. The Morgan fingerprint density at radius 1 is 1.00 bits per heavy atom. The first kappa shape index (κ1) is 33.1. The number of anilines is 1. The third-order valence-electron chi connectivity index (χ3n) is 8.57. The van der Waals surface area contributed by atoms with Crippen LogP contribution in [0.15, 0.2) is 60.0 Å². The molecule has 5 rings (SSSR count). The van der Waals surface area contributed by atoms with Crippen LogP contribution in [0.1, 0.15) is 92.4 Å². The van der Waals surface area contributed by atoms with Gasteiger partial charge in [-0.25, -0.2) is 4.68 Å². The molecular weight excluding hydrogens is 598 g/mol. The molecule has 1 unspecified atom stereocenters. The molecule has 46 heavy (non-hydrogen) atoms. The van der Waals surface area contributed by atoms with Crippen molar-refractivity contribution in [2.45, 2.75) is 72.4 Å². The highest BCUT2D eigenvalue weighted by molar-refractivity contribution is 7.12. The van der Waals surface area contributed by atoms with Crippen LogP contribution in [0.2, 0.25) is 0 Å². The van der Waals surface area contributed by atoms with Gasteiger partial charge in [-0.05, 0) is 85.5 Å². The second kappa shape index (κ2) is 14.9. The fourth-order valence-corrected chi connectivity index (χ4v) is 6.72. The van der Waals surface area contributed by atoms with E-state index in [1.165, 1.54) is 11.3 Å². The molecule has 2 N–H and O–H groups in total. The predicted molar refractivity (Wildman–Crippen MR) is 182 cm³/mol. The Hall–Kier alpha value is -4.28. The molecule has 0 bridgehead atoms. The van der Waals surface area contributed by atoms with Gasteiger partial charge in [0.25, 0.3) is 17.7 Å². The van der Waals surface area contributed by atoms with Gasteiger partial charge in [0, 0.05) is 31.0 Å². The number of fused-ring (bicyclic) bond motifs is 1. The first-order valence-electron chi connectivity index (χ1n) is 16.1. The third kappa shape index (κ3) is 7.08. The number of nitrogens with one attached hydrogen (secondary N) is 1. The number of aromatic nitrogens is 2. The van der Waals surface area contributed by atoms with Gasteiger partial charge in [-0.2, -0.15) is 5.10 Å². The number of hydrogen-bond acceptors (Lipinski definition) is 6. The Labute approximate surface area is 274 Å². The van der Waals surface area contributed by atoms with Crippen LogP contribution in [0.3, 0.4) is 0 Å². The Bertz CT molecular complexity index is 1700. The van der Waals surface area contributed by atoms with E-state index < -0.39 is 6.04 Å². The maximum absolute atomic E-state index is 14.5. The van der Waals surface area contributed by atoms with E-state index in [0.717, 1.165) is 42.4 Å². The van der Waals surface area contributed by atoms with Gasteiger partial charge in [0.2, 0.25) is 0 Å². The number of rotatable bonds is 12. The fourth-order valence-electron chi connectivity index (χ4n) is 5.90. The molecule has 0 saturated heterocycles. The molecule has 0 aliphatic carbocycles. The predicted octanol–water partition coefficient (Wildman–Crippen LogP) is 6.40. The molecule has 1 aliphatic rings. The van der Waals surface area contributed by atoms with Crippen LogP contribution in [-0.4, -0.2) is 68.1 Å². The molecule has 1 atom stereocenters. The van der Waals surface area contributed by atoms with Gasteiger partial charge in [0.1, 0.15) is 0 Å². The third-order valence-corrected chi connectivity index (χ3v) is 9.58. The summed E-state index contributed by atoms with van der Waals surface area (Å²) in [5.41, 5.74) is 5.33. The molecule has 2 aromatic carbocycles. The Morgan fingerprint density at radius 2 is 1.72 bits per heavy atom. The first-order valence-corrected chi connectivity index (χ1v) is 17.0. The fraction of sp³-hybridized carbons (Fsp3) is 0.389. The van der Waals surface area contributed by atoms with Crippen molar-refractivity contribution in [2.24, 2.45) is 0 Å². The summed E-state index contributed by atoms with van der Waals surface area (Å²) in [5.74, 6) is -0.664. The lowest BCUT2D eigenvalue weighted by Gasteiger charge is -2.36. The molecule has 3 amide bonds. The molecule has 10 heteroatoms. The van der Waals surface area contributed by atoms with Crippen molar-refractivity contribution in [2.75, 3.05) is 25.0 Å². The molecule has 9 nitrogen and oxygen atoms in total. The molecule has 0 radical (unpaired) electrons. The number of aliphatic hydroxyl groups excluding tert-OH is 1. The number of benzene rings is 2. The van der Waals surface area contributed by atoms with Crippen molar-refractivity contribution in [3.05, 3.63) is 98.5 Å². The quantitative estimate of drug-likeness (QED) is 0.186. The van der Waals surface area contributed by atoms with Gasteiger partial charge >= 0.3 is 0 Å². The van der Waals surface area contributed by atoms with E-state index in [1.807, 2.05) is 54.5 Å². The molecule has 242 valence electrons. The maximum Gasteiger partial charge on any atom is 0.274 e. The monoisotopic (exact) mass is 641 g/mol. The van der Waals surface area contributed by atoms with E-state index in [4.69, 9.17) is 5.10 Å². The second-order valence-electron chi connectivity index (χ2n) is 11.9. The molecule has 4 aromatic rings. The number of carbonyl (C=O) groups excluding carboxylic acids is 3. The second-order valence-corrected chi connectivity index (χ2v) is 12.9. The highest BCUT2D eigenvalue weighted by Crippen LogP contribution is 2.29. The van der Waals surface area contributed by atoms with Gasteiger partial charge in [-0.1, -0.05) is 51.0 Å². The summed E-state index contributed by atoms with van der Waals surface area (Å²) in [6.07, 6.45) is 4.33. The maximum atomic E-state index is 14.5. The molecule has 0 spiro atoms. The minimum Gasteiger partial charge on any atom is -0.394 e. The van der Waals surface area contributed by atoms with E-state index >= 15 is 0 Å². The topological polar surface area (TPSA) is 108 Å². The van der Waals surface area contributed by atoms with Crippen LogP contribution in [0.25, 0.3) is 5.69 Å². The van der Waals surface area contributed by atoms with E-state index in [1.54, 1.807) is 33.8 Å². The smallest absolute Gasteiger partial charge is 0.274 e. The number of amides is 3. The zero-order chi connectivity index (χ0) is 32.8. The van der Waals surface area contributed by atoms with Crippen LogP contribution < -0.4 is 5.32 Å². The number of aliphatic hydroxyl groups is 1. The number of aryl methyl sites for hydroxylation is 2. The summed E-state index contributed by atoms with van der Waals surface area (Å²) in [6.45, 7) is 9.46. The summed E-state index contributed by atoms with van der Waals surface area (Å²) >= 11 is 1.36. The van der Waals surface area contributed by atoms with Gasteiger partial charge in [-0.15, -0.1) is 11.3 Å². The zero-order valence-electron chi connectivity index (χ0n) is 27.1. The van der Waals surface area contributed by atoms with Crippen LogP contribution in [0.5, 0.6) is 0 Å². The van der Waals surface area contributed by atoms with E-state index in [2.05, 4.69) is 19.2 Å². The van der Waals surface area contributed by atoms with Crippen LogP contribution in [0.4, 0.5) is 5.69 Å². The number of unbranched alkanes of at least 4 members (excludes halogenated alkanes) is 2. The largest absolute Gasteiger partial charge is 0.394 e. The molecule has 1 aliphatic heterocycles.